The third-order valence-electron chi connectivity index (χ3n) is 2.32. The second kappa shape index (κ2) is 7.14. The SMILES string of the molecule is CC(N)CC(=O)NCc1ccc(OCC(F)(F)F)cc1. The monoisotopic (exact) mass is 290 g/mol. The zero-order chi connectivity index (χ0) is 15.2. The molecule has 0 bridgehead atoms. The number of ether oxygens (including phenoxy) is 1. The molecule has 20 heavy (non-hydrogen) atoms. The molecule has 1 aromatic rings. The highest BCUT2D eigenvalue weighted by Crippen LogP contribution is 2.18. The fourth-order valence-corrected chi connectivity index (χ4v) is 1.43. The number of rotatable bonds is 6. The lowest BCUT2D eigenvalue weighted by molar-refractivity contribution is -0.153. The van der Waals surface area contributed by atoms with Crippen LogP contribution in [-0.2, 0) is 11.3 Å². The van der Waals surface area contributed by atoms with Crippen LogP contribution in [0.15, 0.2) is 24.3 Å². The molecule has 1 aromatic carbocycles. The van der Waals surface area contributed by atoms with Crippen LogP contribution in [0.4, 0.5) is 13.2 Å². The molecule has 1 atom stereocenters. The fourth-order valence-electron chi connectivity index (χ4n) is 1.43. The lowest BCUT2D eigenvalue weighted by Gasteiger charge is -2.10. The highest BCUT2D eigenvalue weighted by atomic mass is 19.4. The summed E-state index contributed by atoms with van der Waals surface area (Å²) in [6.07, 6.45) is -4.13. The number of benzene rings is 1. The molecule has 112 valence electrons. The van der Waals surface area contributed by atoms with Crippen molar-refractivity contribution in [2.24, 2.45) is 5.73 Å². The number of carbonyl (C=O) groups is 1. The molecule has 3 N–H and O–H groups in total. The van der Waals surface area contributed by atoms with Crippen molar-refractivity contribution in [2.45, 2.75) is 32.1 Å². The Bertz CT molecular complexity index is 430. The molecule has 0 saturated heterocycles. The van der Waals surface area contributed by atoms with Gasteiger partial charge in [0, 0.05) is 19.0 Å². The van der Waals surface area contributed by atoms with E-state index in [4.69, 9.17) is 5.73 Å². The molecule has 0 aliphatic rings. The highest BCUT2D eigenvalue weighted by molar-refractivity contribution is 5.76. The summed E-state index contributed by atoms with van der Waals surface area (Å²) in [7, 11) is 0. The van der Waals surface area contributed by atoms with E-state index >= 15 is 0 Å². The van der Waals surface area contributed by atoms with E-state index in [1.165, 1.54) is 12.1 Å². The molecule has 0 radical (unpaired) electrons. The molecule has 0 aromatic heterocycles. The van der Waals surface area contributed by atoms with Gasteiger partial charge >= 0.3 is 6.18 Å². The molecular formula is C13H17F3N2O2. The Morgan fingerprint density at radius 2 is 1.95 bits per heavy atom. The molecular weight excluding hydrogens is 273 g/mol. The van der Waals surface area contributed by atoms with Gasteiger partial charge in [-0.05, 0) is 24.6 Å². The van der Waals surface area contributed by atoms with Crippen molar-refractivity contribution in [1.29, 1.82) is 0 Å². The van der Waals surface area contributed by atoms with Crippen molar-refractivity contribution >= 4 is 5.91 Å². The summed E-state index contributed by atoms with van der Waals surface area (Å²) in [6.45, 7) is 0.703. The largest absolute Gasteiger partial charge is 0.484 e. The summed E-state index contributed by atoms with van der Waals surface area (Å²) >= 11 is 0. The number of amides is 1. The minimum Gasteiger partial charge on any atom is -0.484 e. The maximum atomic E-state index is 12.0. The number of carbonyl (C=O) groups excluding carboxylic acids is 1. The van der Waals surface area contributed by atoms with E-state index in [0.29, 0.717) is 6.54 Å². The molecule has 0 aliphatic heterocycles. The first kappa shape index (κ1) is 16.3. The summed E-state index contributed by atoms with van der Waals surface area (Å²) in [5, 5.41) is 2.67. The van der Waals surface area contributed by atoms with Crippen molar-refractivity contribution in [3.63, 3.8) is 0 Å². The Morgan fingerprint density at radius 1 is 1.35 bits per heavy atom. The summed E-state index contributed by atoms with van der Waals surface area (Å²) in [5.74, 6) is -0.0367. The Morgan fingerprint density at radius 3 is 2.45 bits per heavy atom. The highest BCUT2D eigenvalue weighted by Gasteiger charge is 2.28. The Hall–Kier alpha value is -1.76. The van der Waals surface area contributed by atoms with Crippen LogP contribution < -0.4 is 15.8 Å². The molecule has 0 saturated carbocycles. The smallest absolute Gasteiger partial charge is 0.422 e. The number of alkyl halides is 3. The number of halogens is 3. The maximum Gasteiger partial charge on any atom is 0.422 e. The Kier molecular flexibility index (Phi) is 5.82. The van der Waals surface area contributed by atoms with Crippen molar-refractivity contribution in [2.75, 3.05) is 6.61 Å². The Labute approximate surface area is 115 Å². The van der Waals surface area contributed by atoms with E-state index in [9.17, 15) is 18.0 Å². The molecule has 0 fully saturated rings. The Balaban J connectivity index is 2.41. The van der Waals surface area contributed by atoms with E-state index in [-0.39, 0.29) is 24.1 Å². The normalized spacial score (nSPS) is 12.8. The summed E-state index contributed by atoms with van der Waals surface area (Å²) < 4.78 is 40.4. The first-order chi connectivity index (χ1) is 9.26. The maximum absolute atomic E-state index is 12.0. The van der Waals surface area contributed by atoms with Crippen LogP contribution in [0.25, 0.3) is 0 Å². The first-order valence-electron chi connectivity index (χ1n) is 6.07. The van der Waals surface area contributed by atoms with Gasteiger partial charge < -0.3 is 15.8 Å². The summed E-state index contributed by atoms with van der Waals surface area (Å²) in [4.78, 5) is 11.4. The summed E-state index contributed by atoms with van der Waals surface area (Å²) in [6, 6.07) is 5.83. The van der Waals surface area contributed by atoms with Gasteiger partial charge in [-0.25, -0.2) is 0 Å². The predicted molar refractivity (Wildman–Crippen MR) is 68.1 cm³/mol. The number of nitrogens with one attached hydrogen (secondary N) is 1. The topological polar surface area (TPSA) is 64.4 Å². The zero-order valence-corrected chi connectivity index (χ0v) is 11.0. The van der Waals surface area contributed by atoms with E-state index in [1.54, 1.807) is 19.1 Å². The van der Waals surface area contributed by atoms with Gasteiger partial charge in [0.05, 0.1) is 0 Å². The van der Waals surface area contributed by atoms with Crippen LogP contribution in [0.3, 0.4) is 0 Å². The van der Waals surface area contributed by atoms with Crippen molar-refractivity contribution < 1.29 is 22.7 Å². The first-order valence-corrected chi connectivity index (χ1v) is 6.07. The van der Waals surface area contributed by atoms with Gasteiger partial charge in [-0.3, -0.25) is 4.79 Å². The van der Waals surface area contributed by atoms with E-state index in [0.717, 1.165) is 5.56 Å². The fraction of sp³-hybridized carbons (Fsp3) is 0.462. The summed E-state index contributed by atoms with van der Waals surface area (Å²) in [5.41, 5.74) is 6.25. The van der Waals surface area contributed by atoms with E-state index in [1.807, 2.05) is 0 Å². The quantitative estimate of drug-likeness (QED) is 0.842. The van der Waals surface area contributed by atoms with Crippen molar-refractivity contribution in [3.05, 3.63) is 29.8 Å². The van der Waals surface area contributed by atoms with Crippen molar-refractivity contribution in [1.82, 2.24) is 5.32 Å². The molecule has 1 unspecified atom stereocenters. The van der Waals surface area contributed by atoms with Gasteiger partial charge in [0.25, 0.3) is 0 Å². The molecule has 7 heteroatoms. The van der Waals surface area contributed by atoms with Crippen LogP contribution in [0, 0.1) is 0 Å². The van der Waals surface area contributed by atoms with Gasteiger partial charge in [-0.1, -0.05) is 12.1 Å². The average Bonchev–Trinajstić information content (AvgIpc) is 2.33. The minimum atomic E-state index is -4.36. The molecule has 0 aliphatic carbocycles. The lowest BCUT2D eigenvalue weighted by Crippen LogP contribution is -2.29. The molecule has 1 rings (SSSR count). The van der Waals surface area contributed by atoms with Gasteiger partial charge in [-0.2, -0.15) is 13.2 Å². The lowest BCUT2D eigenvalue weighted by atomic mass is 10.2. The zero-order valence-electron chi connectivity index (χ0n) is 11.0. The second-order valence-electron chi connectivity index (χ2n) is 4.51. The third kappa shape index (κ3) is 6.98. The number of nitrogens with two attached hydrogens (primary N) is 1. The molecule has 0 heterocycles. The van der Waals surface area contributed by atoms with Gasteiger partial charge in [0.15, 0.2) is 6.61 Å². The predicted octanol–water partition coefficient (Wildman–Crippen LogP) is 1.98. The number of hydrogen-bond donors (Lipinski definition) is 2. The second-order valence-corrected chi connectivity index (χ2v) is 4.51. The average molecular weight is 290 g/mol. The minimum absolute atomic E-state index is 0.132. The van der Waals surface area contributed by atoms with Crippen LogP contribution in [0.1, 0.15) is 18.9 Å². The van der Waals surface area contributed by atoms with Gasteiger partial charge in [-0.15, -0.1) is 0 Å². The van der Waals surface area contributed by atoms with Crippen molar-refractivity contribution in [3.8, 4) is 5.75 Å². The van der Waals surface area contributed by atoms with E-state index < -0.39 is 12.8 Å². The van der Waals surface area contributed by atoms with Crippen LogP contribution >= 0.6 is 0 Å². The van der Waals surface area contributed by atoms with Crippen LogP contribution in [-0.4, -0.2) is 24.7 Å². The third-order valence-corrected chi connectivity index (χ3v) is 2.32. The van der Waals surface area contributed by atoms with Crippen LogP contribution in [0.5, 0.6) is 5.75 Å². The van der Waals surface area contributed by atoms with E-state index in [2.05, 4.69) is 10.1 Å². The molecule has 4 nitrogen and oxygen atoms in total. The standard InChI is InChI=1S/C13H17F3N2O2/c1-9(17)6-12(19)18-7-10-2-4-11(5-3-10)20-8-13(14,15)16/h2-5,9H,6-8,17H2,1H3,(H,18,19). The van der Waals surface area contributed by atoms with Gasteiger partial charge in [0.1, 0.15) is 5.75 Å². The van der Waals surface area contributed by atoms with Crippen LogP contribution in [0.2, 0.25) is 0 Å². The molecule has 1 amide bonds. The van der Waals surface area contributed by atoms with Gasteiger partial charge in [0.2, 0.25) is 5.91 Å². The number of hydrogen-bond acceptors (Lipinski definition) is 3. The molecule has 0 spiro atoms.